The van der Waals surface area contributed by atoms with E-state index >= 15 is 0 Å². The van der Waals surface area contributed by atoms with Gasteiger partial charge in [0.15, 0.2) is 5.78 Å². The Morgan fingerprint density at radius 1 is 1.29 bits per heavy atom. The number of para-hydroxylation sites is 2. The minimum absolute atomic E-state index is 0.0346. The third kappa shape index (κ3) is 2.38. The zero-order valence-corrected chi connectivity index (χ0v) is 11.9. The summed E-state index contributed by atoms with van der Waals surface area (Å²) in [5, 5.41) is 0. The lowest BCUT2D eigenvalue weighted by molar-refractivity contribution is 0.0987. The maximum atomic E-state index is 12.5. The second kappa shape index (κ2) is 5.36. The summed E-state index contributed by atoms with van der Waals surface area (Å²) in [5.41, 5.74) is 2.44. The summed E-state index contributed by atoms with van der Waals surface area (Å²) < 4.78 is 7.13. The number of benzene rings is 1. The highest BCUT2D eigenvalue weighted by Crippen LogP contribution is 2.20. The van der Waals surface area contributed by atoms with Crippen molar-refractivity contribution in [3.05, 3.63) is 54.1 Å². The van der Waals surface area contributed by atoms with Gasteiger partial charge in [0.05, 0.1) is 36.3 Å². The van der Waals surface area contributed by atoms with Gasteiger partial charge in [-0.2, -0.15) is 0 Å². The Balaban J connectivity index is 1.95. The standard InChI is InChI=1S/C16H15N3O2/c1-19-13-6-4-3-5-12(13)18-16(19)9-14(20)11-7-8-17-10-15(11)21-2/h3-8,10H,9H2,1-2H3. The smallest absolute Gasteiger partial charge is 0.174 e. The third-order valence-corrected chi connectivity index (χ3v) is 3.50. The molecule has 0 unspecified atom stereocenters. The van der Waals surface area contributed by atoms with Crippen molar-refractivity contribution in [2.75, 3.05) is 7.11 Å². The summed E-state index contributed by atoms with van der Waals surface area (Å²) in [7, 11) is 3.45. The van der Waals surface area contributed by atoms with Crippen LogP contribution in [0.3, 0.4) is 0 Å². The molecule has 5 heteroatoms. The molecule has 0 fully saturated rings. The summed E-state index contributed by atoms with van der Waals surface area (Å²) in [5.74, 6) is 1.19. The van der Waals surface area contributed by atoms with Crippen LogP contribution in [-0.4, -0.2) is 27.4 Å². The molecule has 0 aliphatic carbocycles. The van der Waals surface area contributed by atoms with E-state index in [2.05, 4.69) is 9.97 Å². The van der Waals surface area contributed by atoms with Crippen LogP contribution < -0.4 is 4.74 Å². The molecule has 21 heavy (non-hydrogen) atoms. The molecule has 2 aromatic heterocycles. The van der Waals surface area contributed by atoms with Crippen molar-refractivity contribution in [3.63, 3.8) is 0 Å². The Labute approximate surface area is 122 Å². The molecule has 0 radical (unpaired) electrons. The van der Waals surface area contributed by atoms with E-state index in [9.17, 15) is 4.79 Å². The molecule has 106 valence electrons. The Morgan fingerprint density at radius 3 is 2.86 bits per heavy atom. The molecule has 2 heterocycles. The van der Waals surface area contributed by atoms with E-state index in [-0.39, 0.29) is 12.2 Å². The van der Waals surface area contributed by atoms with Gasteiger partial charge in [0.1, 0.15) is 11.6 Å². The SMILES string of the molecule is COc1cnccc1C(=O)Cc1nc2ccccc2n1C. The van der Waals surface area contributed by atoms with Gasteiger partial charge in [-0.3, -0.25) is 9.78 Å². The monoisotopic (exact) mass is 281 g/mol. The number of rotatable bonds is 4. The first-order valence-electron chi connectivity index (χ1n) is 6.62. The van der Waals surface area contributed by atoms with Crippen LogP contribution >= 0.6 is 0 Å². The van der Waals surface area contributed by atoms with E-state index in [1.807, 2.05) is 35.9 Å². The number of imidazole rings is 1. The van der Waals surface area contributed by atoms with Gasteiger partial charge in [-0.1, -0.05) is 12.1 Å². The predicted octanol–water partition coefficient (Wildman–Crippen LogP) is 2.40. The van der Waals surface area contributed by atoms with Crippen LogP contribution in [-0.2, 0) is 13.5 Å². The fourth-order valence-corrected chi connectivity index (χ4v) is 2.37. The summed E-state index contributed by atoms with van der Waals surface area (Å²) in [6.07, 6.45) is 3.36. The van der Waals surface area contributed by atoms with Crippen LogP contribution in [0.4, 0.5) is 0 Å². The molecule has 0 bridgehead atoms. The van der Waals surface area contributed by atoms with Gasteiger partial charge < -0.3 is 9.30 Å². The van der Waals surface area contributed by atoms with Gasteiger partial charge in [0.2, 0.25) is 0 Å². The van der Waals surface area contributed by atoms with E-state index in [4.69, 9.17) is 4.74 Å². The van der Waals surface area contributed by atoms with Crippen molar-refractivity contribution < 1.29 is 9.53 Å². The molecule has 0 atom stereocenters. The highest BCUT2D eigenvalue weighted by Gasteiger charge is 2.16. The van der Waals surface area contributed by atoms with Crippen molar-refractivity contribution in [2.24, 2.45) is 7.05 Å². The van der Waals surface area contributed by atoms with Crippen LogP contribution in [0.25, 0.3) is 11.0 Å². The van der Waals surface area contributed by atoms with E-state index in [1.54, 1.807) is 18.5 Å². The lowest BCUT2D eigenvalue weighted by Gasteiger charge is -2.06. The van der Waals surface area contributed by atoms with Gasteiger partial charge >= 0.3 is 0 Å². The van der Waals surface area contributed by atoms with Crippen molar-refractivity contribution >= 4 is 16.8 Å². The molecule has 0 N–H and O–H groups in total. The van der Waals surface area contributed by atoms with Gasteiger partial charge in [-0.15, -0.1) is 0 Å². The van der Waals surface area contributed by atoms with Gasteiger partial charge in [0.25, 0.3) is 0 Å². The number of carbonyl (C=O) groups is 1. The Bertz CT molecular complexity index is 808. The number of ketones is 1. The summed E-state index contributed by atoms with van der Waals surface area (Å²) in [4.78, 5) is 20.9. The maximum absolute atomic E-state index is 12.5. The number of ether oxygens (including phenoxy) is 1. The molecule has 0 aliphatic rings. The molecule has 0 saturated heterocycles. The average molecular weight is 281 g/mol. The summed E-state index contributed by atoms with van der Waals surface area (Å²) in [6, 6.07) is 9.50. The molecular formula is C16H15N3O2. The molecule has 3 aromatic rings. The summed E-state index contributed by atoms with van der Waals surface area (Å²) >= 11 is 0. The van der Waals surface area contributed by atoms with Crippen molar-refractivity contribution in [1.29, 1.82) is 0 Å². The topological polar surface area (TPSA) is 57.0 Å². The fourth-order valence-electron chi connectivity index (χ4n) is 2.37. The maximum Gasteiger partial charge on any atom is 0.174 e. The van der Waals surface area contributed by atoms with E-state index in [1.165, 1.54) is 7.11 Å². The van der Waals surface area contributed by atoms with E-state index in [0.717, 1.165) is 16.9 Å². The molecule has 0 amide bonds. The molecular weight excluding hydrogens is 266 g/mol. The molecule has 0 aliphatic heterocycles. The first kappa shape index (κ1) is 13.3. The Hall–Kier alpha value is -2.69. The largest absolute Gasteiger partial charge is 0.494 e. The highest BCUT2D eigenvalue weighted by molar-refractivity contribution is 5.99. The minimum Gasteiger partial charge on any atom is -0.494 e. The number of hydrogen-bond donors (Lipinski definition) is 0. The molecule has 0 spiro atoms. The molecule has 3 rings (SSSR count). The third-order valence-electron chi connectivity index (χ3n) is 3.50. The summed E-state index contributed by atoms with van der Waals surface area (Å²) in [6.45, 7) is 0. The van der Waals surface area contributed by atoms with Crippen LogP contribution in [0.2, 0.25) is 0 Å². The van der Waals surface area contributed by atoms with Crippen molar-refractivity contribution in [3.8, 4) is 5.75 Å². The highest BCUT2D eigenvalue weighted by atomic mass is 16.5. The number of pyridine rings is 1. The minimum atomic E-state index is -0.0346. The predicted molar refractivity (Wildman–Crippen MR) is 79.5 cm³/mol. The number of hydrogen-bond acceptors (Lipinski definition) is 4. The normalized spacial score (nSPS) is 10.8. The van der Waals surface area contributed by atoms with Gasteiger partial charge in [-0.25, -0.2) is 4.98 Å². The molecule has 5 nitrogen and oxygen atoms in total. The average Bonchev–Trinajstić information content (AvgIpc) is 2.84. The van der Waals surface area contributed by atoms with E-state index < -0.39 is 0 Å². The molecule has 0 saturated carbocycles. The zero-order valence-electron chi connectivity index (χ0n) is 11.9. The van der Waals surface area contributed by atoms with Gasteiger partial charge in [-0.05, 0) is 18.2 Å². The number of aromatic nitrogens is 3. The van der Waals surface area contributed by atoms with E-state index in [0.29, 0.717) is 11.3 Å². The van der Waals surface area contributed by atoms with Crippen LogP contribution in [0.1, 0.15) is 16.2 Å². The zero-order chi connectivity index (χ0) is 14.8. The van der Waals surface area contributed by atoms with Crippen molar-refractivity contribution in [2.45, 2.75) is 6.42 Å². The fraction of sp³-hybridized carbons (Fsp3) is 0.188. The number of Topliss-reactive ketones (excluding diaryl/α,β-unsaturated/α-hetero) is 1. The first-order valence-corrected chi connectivity index (χ1v) is 6.62. The number of fused-ring (bicyclic) bond motifs is 1. The first-order chi connectivity index (χ1) is 10.2. The molecule has 1 aromatic carbocycles. The Kier molecular flexibility index (Phi) is 3.39. The number of carbonyl (C=O) groups excluding carboxylic acids is 1. The number of methoxy groups -OCH3 is 1. The second-order valence-electron chi connectivity index (χ2n) is 4.75. The lowest BCUT2D eigenvalue weighted by atomic mass is 10.1. The Morgan fingerprint density at radius 2 is 2.10 bits per heavy atom. The lowest BCUT2D eigenvalue weighted by Crippen LogP contribution is -2.10. The van der Waals surface area contributed by atoms with Crippen LogP contribution in [0.5, 0.6) is 5.75 Å². The number of nitrogens with zero attached hydrogens (tertiary/aromatic N) is 3. The quantitative estimate of drug-likeness (QED) is 0.689. The van der Waals surface area contributed by atoms with Crippen LogP contribution in [0, 0.1) is 0 Å². The van der Waals surface area contributed by atoms with Gasteiger partial charge in [0, 0.05) is 13.2 Å². The van der Waals surface area contributed by atoms with Crippen LogP contribution in [0.15, 0.2) is 42.7 Å². The number of aryl methyl sites for hydroxylation is 1. The van der Waals surface area contributed by atoms with Crippen molar-refractivity contribution in [1.82, 2.24) is 14.5 Å². The second-order valence-corrected chi connectivity index (χ2v) is 4.75.